The van der Waals surface area contributed by atoms with Crippen molar-refractivity contribution in [3.63, 3.8) is 0 Å². The predicted molar refractivity (Wildman–Crippen MR) is 171 cm³/mol. The first kappa shape index (κ1) is 38.4. The predicted octanol–water partition coefficient (Wildman–Crippen LogP) is 9.17. The van der Waals surface area contributed by atoms with Gasteiger partial charge in [-0.05, 0) is 70.3 Å². The summed E-state index contributed by atoms with van der Waals surface area (Å²) in [5.74, 6) is -1.38. The van der Waals surface area contributed by atoms with Crippen LogP contribution in [0.5, 0.6) is 0 Å². The zero-order valence-corrected chi connectivity index (χ0v) is 26.1. The lowest BCUT2D eigenvalue weighted by molar-refractivity contribution is -0.147. The molecule has 1 atom stereocenters. The molecule has 0 saturated heterocycles. The molecule has 0 aromatic heterocycles. The van der Waals surface area contributed by atoms with Crippen LogP contribution in [0, 0.1) is 0 Å². The molecule has 1 amide bonds. The minimum Gasteiger partial charge on any atom is -0.480 e. The second kappa shape index (κ2) is 30.3. The van der Waals surface area contributed by atoms with Gasteiger partial charge in [-0.25, -0.2) is 0 Å². The van der Waals surface area contributed by atoms with Crippen molar-refractivity contribution in [3.05, 3.63) is 48.6 Å². The van der Waals surface area contributed by atoms with E-state index in [0.29, 0.717) is 12.8 Å². The molecule has 6 heteroatoms. The summed E-state index contributed by atoms with van der Waals surface area (Å²) in [6, 6.07) is 0. The van der Waals surface area contributed by atoms with Gasteiger partial charge in [0.05, 0.1) is 0 Å². The lowest BCUT2D eigenvalue weighted by Gasteiger charge is -2.14. The quantitative estimate of drug-likeness (QED) is 0.0553. The van der Waals surface area contributed by atoms with E-state index in [0.717, 1.165) is 83.5 Å². The number of aliphatic carboxylic acids is 1. The third-order valence-corrected chi connectivity index (χ3v) is 6.69. The van der Waals surface area contributed by atoms with E-state index in [4.69, 9.17) is 9.84 Å². The van der Waals surface area contributed by atoms with Crippen molar-refractivity contribution >= 4 is 17.8 Å². The molecule has 0 aliphatic rings. The largest absolute Gasteiger partial charge is 0.480 e. The summed E-state index contributed by atoms with van der Waals surface area (Å²) in [5, 5.41) is 11.0. The number of carbonyl (C=O) groups is 3. The molecule has 0 spiro atoms. The molecule has 0 aliphatic heterocycles. The molecule has 41 heavy (non-hydrogen) atoms. The first-order valence-corrected chi connectivity index (χ1v) is 16.3. The molecular formula is C35H59NO5. The van der Waals surface area contributed by atoms with Crippen molar-refractivity contribution in [1.29, 1.82) is 0 Å². The average molecular weight is 574 g/mol. The molecule has 1 unspecified atom stereocenters. The van der Waals surface area contributed by atoms with Gasteiger partial charge >= 0.3 is 11.9 Å². The van der Waals surface area contributed by atoms with Crippen molar-refractivity contribution in [2.45, 2.75) is 148 Å². The first-order chi connectivity index (χ1) is 20.0. The van der Waals surface area contributed by atoms with Crippen LogP contribution in [0.15, 0.2) is 48.6 Å². The summed E-state index contributed by atoms with van der Waals surface area (Å²) < 4.78 is 5.82. The number of hydrogen-bond donors (Lipinski definition) is 2. The summed E-state index contributed by atoms with van der Waals surface area (Å²) in [6.45, 7) is 4.05. The number of carboxylic acids is 1. The highest BCUT2D eigenvalue weighted by Crippen LogP contribution is 2.14. The fraction of sp³-hybridized carbons (Fsp3) is 0.686. The zero-order valence-electron chi connectivity index (χ0n) is 26.1. The number of amides is 1. The van der Waals surface area contributed by atoms with Crippen LogP contribution in [0.2, 0.25) is 0 Å². The second-order valence-electron chi connectivity index (χ2n) is 10.7. The van der Waals surface area contributed by atoms with E-state index in [1.165, 1.54) is 32.1 Å². The molecule has 2 N–H and O–H groups in total. The standard InChI is InChI=1S/C35H59NO5/c1-3-5-7-9-11-12-13-14-15-16-18-20-26-30-35(40)41-32(27-23-19-17-10-8-6-4-2)28-24-21-22-25-29-33(37)36-31-34(38)39/h7,9-10,12-13,17,23,27,32H,3-6,8,11,14-16,18-22,24-26,28-31H2,1-2H3,(H,36,37)(H,38,39)/b9-7-,13-12-,17-10-,27-23-. The number of rotatable bonds is 28. The molecule has 0 heterocycles. The molecule has 0 aliphatic carbocycles. The first-order valence-electron chi connectivity index (χ1n) is 16.3. The molecule has 0 fully saturated rings. The van der Waals surface area contributed by atoms with Gasteiger partial charge in [0.2, 0.25) is 5.91 Å². The number of carbonyl (C=O) groups excluding carboxylic acids is 2. The Bertz CT molecular complexity index is 769. The molecule has 0 aromatic rings. The normalized spacial score (nSPS) is 12.6. The van der Waals surface area contributed by atoms with Gasteiger partial charge in [0.1, 0.15) is 12.6 Å². The number of nitrogens with one attached hydrogen (secondary N) is 1. The second-order valence-corrected chi connectivity index (χ2v) is 10.7. The number of esters is 1. The van der Waals surface area contributed by atoms with Crippen LogP contribution < -0.4 is 5.32 Å². The van der Waals surface area contributed by atoms with Gasteiger partial charge in [-0.3, -0.25) is 14.4 Å². The number of carboxylic acid groups (broad SMARTS) is 1. The van der Waals surface area contributed by atoms with Gasteiger partial charge in [-0.15, -0.1) is 0 Å². The molecule has 0 saturated carbocycles. The Hall–Kier alpha value is -2.63. The van der Waals surface area contributed by atoms with Crippen molar-refractivity contribution in [3.8, 4) is 0 Å². The van der Waals surface area contributed by atoms with Crippen LogP contribution >= 0.6 is 0 Å². The van der Waals surface area contributed by atoms with E-state index in [1.54, 1.807) is 0 Å². The Kier molecular flexibility index (Phi) is 28.4. The van der Waals surface area contributed by atoms with Crippen molar-refractivity contribution in [1.82, 2.24) is 5.32 Å². The van der Waals surface area contributed by atoms with Crippen LogP contribution in [0.3, 0.4) is 0 Å². The Balaban J connectivity index is 4.24. The van der Waals surface area contributed by atoms with E-state index in [2.05, 4.69) is 61.7 Å². The van der Waals surface area contributed by atoms with E-state index >= 15 is 0 Å². The van der Waals surface area contributed by atoms with Crippen LogP contribution in [0.25, 0.3) is 0 Å². The third-order valence-electron chi connectivity index (χ3n) is 6.69. The summed E-state index contributed by atoms with van der Waals surface area (Å²) in [4.78, 5) is 34.7. The lowest BCUT2D eigenvalue weighted by atomic mass is 10.1. The maximum Gasteiger partial charge on any atom is 0.322 e. The topological polar surface area (TPSA) is 92.7 Å². The SMILES string of the molecule is CCC/C=C\C/C=C\CCCCCCCC(=O)OC(/C=C\C/C=C\CCCC)CCCCCCC(=O)NCC(=O)O. The fourth-order valence-electron chi connectivity index (χ4n) is 4.25. The molecule has 6 nitrogen and oxygen atoms in total. The van der Waals surface area contributed by atoms with E-state index < -0.39 is 5.97 Å². The smallest absolute Gasteiger partial charge is 0.322 e. The highest BCUT2D eigenvalue weighted by Gasteiger charge is 2.11. The summed E-state index contributed by atoms with van der Waals surface area (Å²) in [5.41, 5.74) is 0. The minimum absolute atomic E-state index is 0.118. The van der Waals surface area contributed by atoms with E-state index in [9.17, 15) is 14.4 Å². The zero-order chi connectivity index (χ0) is 30.2. The number of ether oxygens (including phenoxy) is 1. The van der Waals surface area contributed by atoms with E-state index in [1.807, 2.05) is 6.08 Å². The fourth-order valence-corrected chi connectivity index (χ4v) is 4.25. The highest BCUT2D eigenvalue weighted by molar-refractivity contribution is 5.80. The molecule has 0 radical (unpaired) electrons. The van der Waals surface area contributed by atoms with Crippen molar-refractivity contribution < 1.29 is 24.2 Å². The number of allylic oxidation sites excluding steroid dienone is 7. The molecule has 0 bridgehead atoms. The third kappa shape index (κ3) is 30.2. The van der Waals surface area contributed by atoms with Gasteiger partial charge in [-0.1, -0.05) is 108 Å². The van der Waals surface area contributed by atoms with Crippen molar-refractivity contribution in [2.24, 2.45) is 0 Å². The number of unbranched alkanes of at least 4 members (excludes halogenated alkanes) is 11. The lowest BCUT2D eigenvalue weighted by Crippen LogP contribution is -2.28. The Morgan fingerprint density at radius 1 is 0.659 bits per heavy atom. The highest BCUT2D eigenvalue weighted by atomic mass is 16.5. The Morgan fingerprint density at radius 2 is 1.24 bits per heavy atom. The van der Waals surface area contributed by atoms with Crippen LogP contribution in [-0.4, -0.2) is 35.6 Å². The van der Waals surface area contributed by atoms with Gasteiger partial charge in [0, 0.05) is 12.8 Å². The maximum atomic E-state index is 12.5. The molecule has 0 rings (SSSR count). The van der Waals surface area contributed by atoms with Crippen LogP contribution in [-0.2, 0) is 19.1 Å². The maximum absolute atomic E-state index is 12.5. The summed E-state index contributed by atoms with van der Waals surface area (Å²) >= 11 is 0. The molecule has 234 valence electrons. The van der Waals surface area contributed by atoms with Crippen LogP contribution in [0.4, 0.5) is 0 Å². The number of hydrogen-bond acceptors (Lipinski definition) is 4. The van der Waals surface area contributed by atoms with E-state index in [-0.39, 0.29) is 24.5 Å². The average Bonchev–Trinajstić information content (AvgIpc) is 2.95. The molecule has 0 aromatic carbocycles. The van der Waals surface area contributed by atoms with Crippen molar-refractivity contribution in [2.75, 3.05) is 6.54 Å². The van der Waals surface area contributed by atoms with Gasteiger partial charge in [0.25, 0.3) is 0 Å². The van der Waals surface area contributed by atoms with Gasteiger partial charge in [-0.2, -0.15) is 0 Å². The van der Waals surface area contributed by atoms with Crippen LogP contribution in [0.1, 0.15) is 142 Å². The van der Waals surface area contributed by atoms with Gasteiger partial charge < -0.3 is 15.2 Å². The molecular weight excluding hydrogens is 514 g/mol. The Morgan fingerprint density at radius 3 is 1.93 bits per heavy atom. The van der Waals surface area contributed by atoms with Gasteiger partial charge in [0.15, 0.2) is 0 Å². The monoisotopic (exact) mass is 573 g/mol. The Labute approximate surface area is 250 Å². The summed E-state index contributed by atoms with van der Waals surface area (Å²) in [7, 11) is 0. The summed E-state index contributed by atoms with van der Waals surface area (Å²) in [6.07, 6.45) is 36.7. The minimum atomic E-state index is -1.03.